The summed E-state index contributed by atoms with van der Waals surface area (Å²) in [6, 6.07) is 8.27. The van der Waals surface area contributed by atoms with Gasteiger partial charge in [0.25, 0.3) is 5.91 Å². The van der Waals surface area contributed by atoms with Crippen molar-refractivity contribution in [1.82, 2.24) is 10.2 Å². The van der Waals surface area contributed by atoms with Crippen LogP contribution in [0.2, 0.25) is 0 Å². The number of nitrogens with zero attached hydrogens (tertiary/aromatic N) is 1. The van der Waals surface area contributed by atoms with E-state index in [0.717, 1.165) is 37.2 Å². The second kappa shape index (κ2) is 6.75. The van der Waals surface area contributed by atoms with Gasteiger partial charge in [-0.3, -0.25) is 4.79 Å². The zero-order valence-corrected chi connectivity index (χ0v) is 12.6. The van der Waals surface area contributed by atoms with Crippen molar-refractivity contribution in [3.05, 3.63) is 29.8 Å². The lowest BCUT2D eigenvalue weighted by molar-refractivity contribution is 0.0913. The summed E-state index contributed by atoms with van der Waals surface area (Å²) in [7, 11) is 2.10. The molecular formula is C16H25N3O. The van der Waals surface area contributed by atoms with Crippen molar-refractivity contribution >= 4 is 11.6 Å². The van der Waals surface area contributed by atoms with Crippen LogP contribution in [-0.4, -0.2) is 43.0 Å². The summed E-state index contributed by atoms with van der Waals surface area (Å²) < 4.78 is 0. The fourth-order valence-corrected chi connectivity index (χ4v) is 2.67. The number of carbonyl (C=O) groups excluding carboxylic acids is 1. The van der Waals surface area contributed by atoms with Crippen LogP contribution in [0.1, 0.15) is 37.0 Å². The molecule has 1 fully saturated rings. The largest absolute Gasteiger partial charge is 0.382 e. The number of para-hydroxylation sites is 1. The third kappa shape index (κ3) is 3.97. The highest BCUT2D eigenvalue weighted by atomic mass is 16.1. The van der Waals surface area contributed by atoms with Gasteiger partial charge in [0.15, 0.2) is 0 Å². The van der Waals surface area contributed by atoms with E-state index >= 15 is 0 Å². The maximum Gasteiger partial charge on any atom is 0.253 e. The number of amides is 1. The van der Waals surface area contributed by atoms with E-state index in [1.54, 1.807) is 0 Å². The molecule has 110 valence electrons. The predicted molar refractivity (Wildman–Crippen MR) is 83.2 cm³/mol. The lowest BCUT2D eigenvalue weighted by Crippen LogP contribution is -2.46. The van der Waals surface area contributed by atoms with Gasteiger partial charge in [0.2, 0.25) is 0 Å². The van der Waals surface area contributed by atoms with E-state index in [4.69, 9.17) is 0 Å². The minimum Gasteiger partial charge on any atom is -0.382 e. The van der Waals surface area contributed by atoms with E-state index in [9.17, 15) is 4.79 Å². The van der Waals surface area contributed by atoms with Crippen LogP contribution in [0.15, 0.2) is 24.3 Å². The Kier molecular flexibility index (Phi) is 5.01. The molecule has 1 atom stereocenters. The highest BCUT2D eigenvalue weighted by Crippen LogP contribution is 2.17. The molecule has 1 aromatic rings. The Morgan fingerprint density at radius 1 is 1.35 bits per heavy atom. The van der Waals surface area contributed by atoms with Crippen LogP contribution in [0, 0.1) is 0 Å². The molecule has 0 radical (unpaired) electrons. The van der Waals surface area contributed by atoms with Crippen molar-refractivity contribution in [3.63, 3.8) is 0 Å². The fraction of sp³-hybridized carbons (Fsp3) is 0.562. The maximum absolute atomic E-state index is 12.5. The van der Waals surface area contributed by atoms with Crippen molar-refractivity contribution in [2.75, 3.05) is 25.5 Å². The van der Waals surface area contributed by atoms with E-state index in [2.05, 4.69) is 36.4 Å². The molecule has 1 heterocycles. The first-order valence-electron chi connectivity index (χ1n) is 7.41. The molecule has 0 bridgehead atoms. The first-order valence-corrected chi connectivity index (χ1v) is 7.41. The molecule has 2 N–H and O–H groups in total. The second-order valence-electron chi connectivity index (χ2n) is 5.92. The summed E-state index contributed by atoms with van der Waals surface area (Å²) in [6.45, 7) is 6.21. The van der Waals surface area contributed by atoms with Gasteiger partial charge in [-0.1, -0.05) is 12.1 Å². The zero-order valence-electron chi connectivity index (χ0n) is 12.6. The topological polar surface area (TPSA) is 44.4 Å². The van der Waals surface area contributed by atoms with Gasteiger partial charge in [-0.2, -0.15) is 0 Å². The third-order valence-corrected chi connectivity index (χ3v) is 3.58. The molecule has 2 rings (SSSR count). The smallest absolute Gasteiger partial charge is 0.253 e. The molecule has 0 aliphatic carbocycles. The third-order valence-electron chi connectivity index (χ3n) is 3.58. The molecule has 1 unspecified atom stereocenters. The summed E-state index contributed by atoms with van der Waals surface area (Å²) in [5.74, 6) is 0.0223. The number of carbonyl (C=O) groups is 1. The molecule has 0 spiro atoms. The Morgan fingerprint density at radius 2 is 2.10 bits per heavy atom. The quantitative estimate of drug-likeness (QED) is 0.886. The minimum atomic E-state index is 0.0223. The van der Waals surface area contributed by atoms with Crippen molar-refractivity contribution in [1.29, 1.82) is 0 Å². The second-order valence-corrected chi connectivity index (χ2v) is 5.92. The van der Waals surface area contributed by atoms with Crippen molar-refractivity contribution in [2.45, 2.75) is 38.8 Å². The van der Waals surface area contributed by atoms with E-state index < -0.39 is 0 Å². The van der Waals surface area contributed by atoms with Crippen LogP contribution in [0.4, 0.5) is 5.69 Å². The van der Waals surface area contributed by atoms with Gasteiger partial charge in [-0.25, -0.2) is 0 Å². The Balaban J connectivity index is 2.05. The Morgan fingerprint density at radius 3 is 2.80 bits per heavy atom. The van der Waals surface area contributed by atoms with Crippen LogP contribution in [0.5, 0.6) is 0 Å². The number of nitrogens with one attached hydrogen (secondary N) is 2. The van der Waals surface area contributed by atoms with E-state index in [-0.39, 0.29) is 11.9 Å². The van der Waals surface area contributed by atoms with Gasteiger partial charge in [-0.15, -0.1) is 0 Å². The van der Waals surface area contributed by atoms with E-state index in [0.29, 0.717) is 6.04 Å². The van der Waals surface area contributed by atoms with Crippen molar-refractivity contribution in [2.24, 2.45) is 0 Å². The number of rotatable bonds is 4. The molecule has 1 aliphatic heterocycles. The summed E-state index contributed by atoms with van der Waals surface area (Å²) in [6.07, 6.45) is 2.21. The number of piperidine rings is 1. The standard InChI is InChI=1S/C16H25N3O/c1-12(2)17-15-9-5-4-8-14(15)16(20)18-13-7-6-10-19(3)11-13/h4-5,8-9,12-13,17H,6-7,10-11H2,1-3H3,(H,18,20). The summed E-state index contributed by atoms with van der Waals surface area (Å²) >= 11 is 0. The maximum atomic E-state index is 12.5. The van der Waals surface area contributed by atoms with Crippen LogP contribution in [0.3, 0.4) is 0 Å². The van der Waals surface area contributed by atoms with Crippen LogP contribution in [-0.2, 0) is 0 Å². The summed E-state index contributed by atoms with van der Waals surface area (Å²) in [4.78, 5) is 14.7. The van der Waals surface area contributed by atoms with E-state index in [1.165, 1.54) is 0 Å². The lowest BCUT2D eigenvalue weighted by Gasteiger charge is -2.30. The van der Waals surface area contributed by atoms with Crippen LogP contribution in [0.25, 0.3) is 0 Å². The normalized spacial score (nSPS) is 19.9. The van der Waals surface area contributed by atoms with E-state index in [1.807, 2.05) is 24.3 Å². The average molecular weight is 275 g/mol. The number of benzene rings is 1. The molecule has 1 aliphatic rings. The molecule has 1 aromatic carbocycles. The molecule has 4 nitrogen and oxygen atoms in total. The van der Waals surface area contributed by atoms with Gasteiger partial charge in [0, 0.05) is 24.3 Å². The van der Waals surface area contributed by atoms with Gasteiger partial charge in [-0.05, 0) is 52.4 Å². The number of likely N-dealkylation sites (N-methyl/N-ethyl adjacent to an activating group) is 1. The highest BCUT2D eigenvalue weighted by molar-refractivity contribution is 5.99. The molecule has 4 heteroatoms. The molecule has 20 heavy (non-hydrogen) atoms. The molecular weight excluding hydrogens is 250 g/mol. The molecule has 0 saturated carbocycles. The van der Waals surface area contributed by atoms with Gasteiger partial charge >= 0.3 is 0 Å². The first-order chi connectivity index (χ1) is 9.56. The highest BCUT2D eigenvalue weighted by Gasteiger charge is 2.20. The number of hydrogen-bond acceptors (Lipinski definition) is 3. The summed E-state index contributed by atoms with van der Waals surface area (Å²) in [5.41, 5.74) is 1.64. The minimum absolute atomic E-state index is 0.0223. The van der Waals surface area contributed by atoms with Gasteiger partial charge in [0.1, 0.15) is 0 Å². The Hall–Kier alpha value is -1.55. The number of hydrogen-bond donors (Lipinski definition) is 2. The monoisotopic (exact) mass is 275 g/mol. The molecule has 0 aromatic heterocycles. The fourth-order valence-electron chi connectivity index (χ4n) is 2.67. The predicted octanol–water partition coefficient (Wildman–Crippen LogP) is 2.33. The van der Waals surface area contributed by atoms with Gasteiger partial charge in [0.05, 0.1) is 5.56 Å². The Labute approximate surface area is 121 Å². The zero-order chi connectivity index (χ0) is 14.5. The number of likely N-dealkylation sites (tertiary alicyclic amines) is 1. The van der Waals surface area contributed by atoms with Gasteiger partial charge < -0.3 is 15.5 Å². The summed E-state index contributed by atoms with van der Waals surface area (Å²) in [5, 5.41) is 6.49. The van der Waals surface area contributed by atoms with Crippen molar-refractivity contribution in [3.8, 4) is 0 Å². The lowest BCUT2D eigenvalue weighted by atomic mass is 10.1. The average Bonchev–Trinajstić information content (AvgIpc) is 2.38. The van der Waals surface area contributed by atoms with Crippen molar-refractivity contribution < 1.29 is 4.79 Å². The van der Waals surface area contributed by atoms with Crippen LogP contribution < -0.4 is 10.6 Å². The molecule has 1 saturated heterocycles. The number of anilines is 1. The first kappa shape index (κ1) is 14.9. The van der Waals surface area contributed by atoms with Crippen LogP contribution >= 0.6 is 0 Å². The Bertz CT molecular complexity index is 459. The molecule has 1 amide bonds. The SMILES string of the molecule is CC(C)Nc1ccccc1C(=O)NC1CCCN(C)C1.